The Balaban J connectivity index is 1.82. The minimum absolute atomic E-state index is 0.792. The molecule has 0 radical (unpaired) electrons. The Kier molecular flexibility index (Phi) is 9.91. The van der Waals surface area contributed by atoms with Crippen LogP contribution in [0.4, 0.5) is 0 Å². The zero-order valence-corrected chi connectivity index (χ0v) is 17.9. The van der Waals surface area contributed by atoms with E-state index in [2.05, 4.69) is 60.1 Å². The Morgan fingerprint density at radius 2 is 1.54 bits per heavy atom. The first-order valence-electron chi connectivity index (χ1n) is 10.1. The van der Waals surface area contributed by atoms with E-state index < -0.39 is 0 Å². The van der Waals surface area contributed by atoms with Gasteiger partial charge in [0.1, 0.15) is 11.5 Å². The maximum atomic E-state index is 5.95. The summed E-state index contributed by atoms with van der Waals surface area (Å²) in [7, 11) is 0. The first kappa shape index (κ1) is 21.1. The maximum absolute atomic E-state index is 5.95. The number of rotatable bonds is 13. The fourth-order valence-corrected chi connectivity index (χ4v) is 3.51. The van der Waals surface area contributed by atoms with Crippen LogP contribution in [0.3, 0.4) is 0 Å². The van der Waals surface area contributed by atoms with Crippen LogP contribution in [0.25, 0.3) is 10.8 Å². The van der Waals surface area contributed by atoms with E-state index in [0.29, 0.717) is 0 Å². The van der Waals surface area contributed by atoms with Crippen LogP contribution >= 0.6 is 15.9 Å². The smallest absolute Gasteiger partial charge is 0.122 e. The van der Waals surface area contributed by atoms with Crippen molar-refractivity contribution < 1.29 is 9.47 Å². The average Bonchev–Trinajstić information content (AvgIpc) is 2.66. The molecule has 0 heterocycles. The summed E-state index contributed by atoms with van der Waals surface area (Å²) in [5.41, 5.74) is 1.22. The molecule has 0 aliphatic heterocycles. The van der Waals surface area contributed by atoms with Gasteiger partial charge < -0.3 is 9.47 Å². The molecule has 3 heteroatoms. The van der Waals surface area contributed by atoms with Gasteiger partial charge in [-0.1, -0.05) is 67.1 Å². The zero-order chi connectivity index (χ0) is 18.6. The monoisotopic (exact) mass is 420 g/mol. The zero-order valence-electron chi connectivity index (χ0n) is 16.4. The van der Waals surface area contributed by atoms with Crippen molar-refractivity contribution in [3.63, 3.8) is 0 Å². The number of fused-ring (bicyclic) bond motifs is 1. The SMILES string of the molecule is CCCCOc1ccc2cc(OCCCCCCCCBr)ccc2c1C. The molecule has 0 aliphatic rings. The summed E-state index contributed by atoms with van der Waals surface area (Å²) < 4.78 is 11.9. The van der Waals surface area contributed by atoms with E-state index in [0.717, 1.165) is 49.3 Å². The van der Waals surface area contributed by atoms with E-state index in [1.54, 1.807) is 0 Å². The van der Waals surface area contributed by atoms with Crippen LogP contribution < -0.4 is 9.47 Å². The molecule has 26 heavy (non-hydrogen) atoms. The van der Waals surface area contributed by atoms with Crippen LogP contribution in [0.15, 0.2) is 30.3 Å². The van der Waals surface area contributed by atoms with Crippen molar-refractivity contribution in [3.05, 3.63) is 35.9 Å². The third kappa shape index (κ3) is 6.83. The highest BCUT2D eigenvalue weighted by Crippen LogP contribution is 2.30. The Labute approximate surface area is 167 Å². The number of benzene rings is 2. The van der Waals surface area contributed by atoms with Crippen LogP contribution in [0.5, 0.6) is 11.5 Å². The Hall–Kier alpha value is -1.22. The number of aryl methyl sites for hydroxylation is 1. The van der Waals surface area contributed by atoms with Gasteiger partial charge in [0.2, 0.25) is 0 Å². The fraction of sp³-hybridized carbons (Fsp3) is 0.565. The molecule has 0 atom stereocenters. The second kappa shape index (κ2) is 12.2. The van der Waals surface area contributed by atoms with Gasteiger partial charge in [0.15, 0.2) is 0 Å². The van der Waals surface area contributed by atoms with Gasteiger partial charge in [-0.2, -0.15) is 0 Å². The summed E-state index contributed by atoms with van der Waals surface area (Å²) in [6.07, 6.45) is 9.92. The second-order valence-electron chi connectivity index (χ2n) is 6.93. The Morgan fingerprint density at radius 1 is 0.808 bits per heavy atom. The van der Waals surface area contributed by atoms with Crippen LogP contribution in [-0.4, -0.2) is 18.5 Å². The quantitative estimate of drug-likeness (QED) is 0.247. The van der Waals surface area contributed by atoms with Crippen LogP contribution in [-0.2, 0) is 0 Å². The van der Waals surface area contributed by atoms with Crippen molar-refractivity contribution in [2.24, 2.45) is 0 Å². The third-order valence-electron chi connectivity index (χ3n) is 4.76. The average molecular weight is 421 g/mol. The molecule has 0 fully saturated rings. The minimum atomic E-state index is 0.792. The van der Waals surface area contributed by atoms with Crippen LogP contribution in [0.2, 0.25) is 0 Å². The molecule has 0 amide bonds. The summed E-state index contributed by atoms with van der Waals surface area (Å²) in [4.78, 5) is 0. The number of unbranched alkanes of at least 4 members (excludes halogenated alkanes) is 6. The summed E-state index contributed by atoms with van der Waals surface area (Å²) in [6, 6.07) is 10.6. The maximum Gasteiger partial charge on any atom is 0.122 e. The number of halogens is 1. The van der Waals surface area contributed by atoms with Crippen molar-refractivity contribution in [2.45, 2.75) is 65.2 Å². The lowest BCUT2D eigenvalue weighted by atomic mass is 10.0. The van der Waals surface area contributed by atoms with Crippen molar-refractivity contribution >= 4 is 26.7 Å². The third-order valence-corrected chi connectivity index (χ3v) is 5.32. The Morgan fingerprint density at radius 3 is 2.31 bits per heavy atom. The first-order chi connectivity index (χ1) is 12.8. The van der Waals surface area contributed by atoms with Gasteiger partial charge in [0.05, 0.1) is 13.2 Å². The van der Waals surface area contributed by atoms with Crippen molar-refractivity contribution in [1.82, 2.24) is 0 Å². The predicted octanol–water partition coefficient (Wildman–Crippen LogP) is 7.44. The summed E-state index contributed by atoms with van der Waals surface area (Å²) in [5, 5.41) is 3.60. The van der Waals surface area contributed by atoms with Gasteiger partial charge in [-0.15, -0.1) is 0 Å². The standard InChI is InChI=1S/C23H33BrO2/c1-3-4-16-26-23-14-11-20-18-21(12-13-22(20)19(23)2)25-17-10-8-6-5-7-9-15-24/h11-14,18H,3-10,15-17H2,1-2H3. The van der Waals surface area contributed by atoms with Gasteiger partial charge in [0, 0.05) is 5.33 Å². The van der Waals surface area contributed by atoms with E-state index >= 15 is 0 Å². The van der Waals surface area contributed by atoms with Gasteiger partial charge in [0.25, 0.3) is 0 Å². The summed E-state index contributed by atoms with van der Waals surface area (Å²) in [5.74, 6) is 1.97. The topological polar surface area (TPSA) is 18.5 Å². The van der Waals surface area contributed by atoms with Crippen LogP contribution in [0, 0.1) is 6.92 Å². The summed E-state index contributed by atoms with van der Waals surface area (Å²) >= 11 is 3.48. The molecule has 2 aromatic carbocycles. The van der Waals surface area contributed by atoms with Gasteiger partial charge >= 0.3 is 0 Å². The lowest BCUT2D eigenvalue weighted by Gasteiger charge is -2.12. The Bertz CT molecular complexity index is 654. The molecule has 2 nitrogen and oxygen atoms in total. The molecule has 0 spiro atoms. The highest BCUT2D eigenvalue weighted by Gasteiger charge is 2.06. The number of hydrogen-bond acceptors (Lipinski definition) is 2. The van der Waals surface area contributed by atoms with Crippen molar-refractivity contribution in [3.8, 4) is 11.5 Å². The van der Waals surface area contributed by atoms with Crippen molar-refractivity contribution in [1.29, 1.82) is 0 Å². The van der Waals surface area contributed by atoms with Gasteiger partial charge in [-0.3, -0.25) is 0 Å². The number of alkyl halides is 1. The molecule has 144 valence electrons. The highest BCUT2D eigenvalue weighted by molar-refractivity contribution is 9.09. The number of hydrogen-bond donors (Lipinski definition) is 0. The number of ether oxygens (including phenoxy) is 2. The fourth-order valence-electron chi connectivity index (χ4n) is 3.11. The van der Waals surface area contributed by atoms with E-state index in [9.17, 15) is 0 Å². The lowest BCUT2D eigenvalue weighted by molar-refractivity contribution is 0.304. The molecule has 0 aromatic heterocycles. The molecule has 2 rings (SSSR count). The van der Waals surface area contributed by atoms with Crippen LogP contribution in [0.1, 0.15) is 63.9 Å². The van der Waals surface area contributed by atoms with Gasteiger partial charge in [-0.25, -0.2) is 0 Å². The minimum Gasteiger partial charge on any atom is -0.494 e. The molecule has 2 aromatic rings. The van der Waals surface area contributed by atoms with E-state index in [1.165, 1.54) is 48.4 Å². The summed E-state index contributed by atoms with van der Waals surface area (Å²) in [6.45, 7) is 5.92. The van der Waals surface area contributed by atoms with E-state index in [-0.39, 0.29) is 0 Å². The molecule has 0 aliphatic carbocycles. The lowest BCUT2D eigenvalue weighted by Crippen LogP contribution is -1.99. The van der Waals surface area contributed by atoms with E-state index in [4.69, 9.17) is 9.47 Å². The molecule has 0 saturated carbocycles. The molecule has 0 bridgehead atoms. The normalized spacial score (nSPS) is 11.0. The molecule has 0 saturated heterocycles. The van der Waals surface area contributed by atoms with Gasteiger partial charge in [-0.05, 0) is 60.7 Å². The largest absolute Gasteiger partial charge is 0.494 e. The molecule has 0 N–H and O–H groups in total. The molecular weight excluding hydrogens is 388 g/mol. The van der Waals surface area contributed by atoms with Crippen molar-refractivity contribution in [2.75, 3.05) is 18.5 Å². The second-order valence-corrected chi connectivity index (χ2v) is 7.73. The highest BCUT2D eigenvalue weighted by atomic mass is 79.9. The first-order valence-corrected chi connectivity index (χ1v) is 11.2. The molecule has 0 unspecified atom stereocenters. The predicted molar refractivity (Wildman–Crippen MR) is 116 cm³/mol. The molecular formula is C23H33BrO2. The van der Waals surface area contributed by atoms with E-state index in [1.807, 2.05) is 0 Å².